The number of fused-ring (bicyclic) bond motifs is 1. The van der Waals surface area contributed by atoms with E-state index in [4.69, 9.17) is 5.73 Å². The minimum Gasteiger partial charge on any atom is -0.369 e. The molecule has 0 saturated carbocycles. The Labute approximate surface area is 104 Å². The number of nitrogens with zero attached hydrogens (tertiary/aromatic N) is 4. The quantitative estimate of drug-likeness (QED) is 0.823. The number of para-hydroxylation sites is 1. The highest BCUT2D eigenvalue weighted by atomic mass is 16.1. The van der Waals surface area contributed by atoms with Gasteiger partial charge in [0.05, 0.1) is 0 Å². The second-order valence-corrected chi connectivity index (χ2v) is 4.60. The molecular weight excluding hydrogens is 230 g/mol. The molecule has 1 amide bonds. The third kappa shape index (κ3) is 1.79. The average molecular weight is 245 g/mol. The predicted molar refractivity (Wildman–Crippen MR) is 67.4 cm³/mol. The van der Waals surface area contributed by atoms with Crippen LogP contribution in [0, 0.1) is 5.92 Å². The van der Waals surface area contributed by atoms with Crippen molar-refractivity contribution in [2.75, 3.05) is 18.1 Å². The zero-order chi connectivity index (χ0) is 12.5. The van der Waals surface area contributed by atoms with Crippen LogP contribution in [0.1, 0.15) is 12.8 Å². The Kier molecular flexibility index (Phi) is 2.62. The molecular formula is C12H15N5O. The average Bonchev–Trinajstić information content (AvgIpc) is 2.82. The largest absolute Gasteiger partial charge is 0.369 e. The van der Waals surface area contributed by atoms with Gasteiger partial charge in [-0.25, -0.2) is 0 Å². The van der Waals surface area contributed by atoms with E-state index in [0.29, 0.717) is 0 Å². The molecule has 6 heteroatoms. The van der Waals surface area contributed by atoms with Crippen LogP contribution in [0.5, 0.6) is 0 Å². The monoisotopic (exact) mass is 245 g/mol. The number of aromatic nitrogens is 3. The summed E-state index contributed by atoms with van der Waals surface area (Å²) in [6.45, 7) is 1.56. The van der Waals surface area contributed by atoms with E-state index in [1.54, 1.807) is 0 Å². The molecule has 0 radical (unpaired) electrons. The van der Waals surface area contributed by atoms with E-state index in [0.717, 1.165) is 37.0 Å². The van der Waals surface area contributed by atoms with Crippen LogP contribution in [0.15, 0.2) is 24.3 Å². The Bertz CT molecular complexity index is 571. The van der Waals surface area contributed by atoms with Gasteiger partial charge in [0.25, 0.3) is 0 Å². The fourth-order valence-corrected chi connectivity index (χ4v) is 2.41. The Morgan fingerprint density at radius 1 is 1.28 bits per heavy atom. The third-order valence-electron chi connectivity index (χ3n) is 3.48. The Hall–Kier alpha value is -2.11. The van der Waals surface area contributed by atoms with Gasteiger partial charge in [-0.3, -0.25) is 9.80 Å². The van der Waals surface area contributed by atoms with Crippen LogP contribution in [0.3, 0.4) is 0 Å². The molecule has 1 aromatic carbocycles. The summed E-state index contributed by atoms with van der Waals surface area (Å²) in [7, 11) is 0. The molecule has 1 saturated heterocycles. The minimum absolute atomic E-state index is 0.00367. The van der Waals surface area contributed by atoms with Crippen LogP contribution < -0.4 is 10.7 Å². The molecule has 2 heterocycles. The maximum Gasteiger partial charge on any atom is 0.220 e. The van der Waals surface area contributed by atoms with E-state index in [9.17, 15) is 4.79 Å². The molecule has 1 fully saturated rings. The second kappa shape index (κ2) is 4.29. The van der Waals surface area contributed by atoms with Crippen LogP contribution in [0.2, 0.25) is 0 Å². The van der Waals surface area contributed by atoms with Gasteiger partial charge in [-0.15, -0.1) is 5.10 Å². The van der Waals surface area contributed by atoms with Crippen molar-refractivity contribution in [1.82, 2.24) is 15.1 Å². The maximum atomic E-state index is 11.1. The van der Waals surface area contributed by atoms with E-state index >= 15 is 0 Å². The smallest absolute Gasteiger partial charge is 0.220 e. The van der Waals surface area contributed by atoms with Gasteiger partial charge in [0, 0.05) is 19.0 Å². The van der Waals surface area contributed by atoms with Gasteiger partial charge in [0.15, 0.2) is 0 Å². The van der Waals surface area contributed by atoms with Crippen molar-refractivity contribution in [3.05, 3.63) is 24.3 Å². The molecule has 0 spiro atoms. The molecule has 0 aliphatic carbocycles. The number of amides is 1. The molecule has 18 heavy (non-hydrogen) atoms. The van der Waals surface area contributed by atoms with Crippen LogP contribution >= 0.6 is 0 Å². The van der Waals surface area contributed by atoms with Crippen molar-refractivity contribution in [2.24, 2.45) is 11.7 Å². The van der Waals surface area contributed by atoms with Crippen molar-refractivity contribution in [3.8, 4) is 0 Å². The van der Waals surface area contributed by atoms with Crippen molar-refractivity contribution < 1.29 is 4.79 Å². The number of carbonyl (C=O) groups is 1. The summed E-state index contributed by atoms with van der Waals surface area (Å²) in [5.74, 6) is -0.200. The Morgan fingerprint density at radius 2 is 2.00 bits per heavy atom. The van der Waals surface area contributed by atoms with Gasteiger partial charge in [0.2, 0.25) is 5.91 Å². The summed E-state index contributed by atoms with van der Waals surface area (Å²) in [6.07, 6.45) is 1.56. The van der Waals surface area contributed by atoms with Crippen LogP contribution in [-0.4, -0.2) is 34.1 Å². The Balaban J connectivity index is 1.82. The van der Waals surface area contributed by atoms with Crippen molar-refractivity contribution >= 4 is 16.9 Å². The number of carbonyl (C=O) groups excluding carboxylic acids is 1. The molecule has 1 aliphatic rings. The SMILES string of the molecule is NC(=O)C1CCN(n2nnc3ccccc32)CC1. The first-order chi connectivity index (χ1) is 8.75. The highest BCUT2D eigenvalue weighted by Crippen LogP contribution is 2.18. The highest BCUT2D eigenvalue weighted by Gasteiger charge is 2.24. The lowest BCUT2D eigenvalue weighted by Crippen LogP contribution is -2.44. The van der Waals surface area contributed by atoms with Gasteiger partial charge >= 0.3 is 0 Å². The van der Waals surface area contributed by atoms with E-state index in [1.165, 1.54) is 0 Å². The minimum atomic E-state index is -0.196. The summed E-state index contributed by atoms with van der Waals surface area (Å²) in [5.41, 5.74) is 7.21. The number of piperidine rings is 1. The number of hydrogen-bond acceptors (Lipinski definition) is 4. The van der Waals surface area contributed by atoms with Crippen molar-refractivity contribution in [3.63, 3.8) is 0 Å². The lowest BCUT2D eigenvalue weighted by molar-refractivity contribution is -0.122. The van der Waals surface area contributed by atoms with Gasteiger partial charge in [0.1, 0.15) is 11.0 Å². The van der Waals surface area contributed by atoms with Gasteiger partial charge in [-0.2, -0.15) is 4.79 Å². The zero-order valence-corrected chi connectivity index (χ0v) is 9.99. The second-order valence-electron chi connectivity index (χ2n) is 4.60. The van der Waals surface area contributed by atoms with E-state index < -0.39 is 0 Å². The number of rotatable bonds is 2. The molecule has 2 N–H and O–H groups in total. The highest BCUT2D eigenvalue weighted by molar-refractivity contribution is 5.77. The molecule has 6 nitrogen and oxygen atoms in total. The first-order valence-electron chi connectivity index (χ1n) is 6.10. The van der Waals surface area contributed by atoms with Crippen LogP contribution in [-0.2, 0) is 4.79 Å². The van der Waals surface area contributed by atoms with Gasteiger partial charge in [-0.05, 0) is 30.2 Å². The fraction of sp³-hybridized carbons (Fsp3) is 0.417. The van der Waals surface area contributed by atoms with Crippen molar-refractivity contribution in [1.29, 1.82) is 0 Å². The lowest BCUT2D eigenvalue weighted by Gasteiger charge is -2.31. The predicted octanol–water partition coefficient (Wildman–Crippen LogP) is 0.265. The summed E-state index contributed by atoms with van der Waals surface area (Å²) in [4.78, 5) is 13.0. The topological polar surface area (TPSA) is 77.0 Å². The molecule has 0 unspecified atom stereocenters. The molecule has 2 aromatic rings. The van der Waals surface area contributed by atoms with E-state index in [-0.39, 0.29) is 11.8 Å². The standard InChI is InChI=1S/C12H15N5O/c13-12(18)9-5-7-16(8-6-9)17-11-4-2-1-3-10(11)14-15-17/h1-4,9H,5-8H2,(H2,13,18). The molecule has 94 valence electrons. The summed E-state index contributed by atoms with van der Waals surface area (Å²) < 4.78 is 0. The maximum absolute atomic E-state index is 11.1. The Morgan fingerprint density at radius 3 is 2.72 bits per heavy atom. The molecule has 1 aliphatic heterocycles. The lowest BCUT2D eigenvalue weighted by atomic mass is 9.97. The van der Waals surface area contributed by atoms with E-state index in [1.807, 2.05) is 29.1 Å². The normalized spacial score (nSPS) is 17.2. The zero-order valence-electron chi connectivity index (χ0n) is 9.99. The molecule has 3 rings (SSSR count). The molecule has 0 bridgehead atoms. The number of benzene rings is 1. The van der Waals surface area contributed by atoms with Crippen LogP contribution in [0.25, 0.3) is 11.0 Å². The first kappa shape index (κ1) is 11.0. The summed E-state index contributed by atoms with van der Waals surface area (Å²) in [6, 6.07) is 7.85. The fourth-order valence-electron chi connectivity index (χ4n) is 2.41. The molecule has 0 atom stereocenters. The van der Waals surface area contributed by atoms with Gasteiger partial charge in [-0.1, -0.05) is 12.1 Å². The number of primary amides is 1. The van der Waals surface area contributed by atoms with Crippen molar-refractivity contribution in [2.45, 2.75) is 12.8 Å². The van der Waals surface area contributed by atoms with E-state index in [2.05, 4.69) is 15.3 Å². The summed E-state index contributed by atoms with van der Waals surface area (Å²) in [5, 5.41) is 10.4. The number of hydrogen-bond donors (Lipinski definition) is 1. The first-order valence-corrected chi connectivity index (χ1v) is 6.10. The number of nitrogens with two attached hydrogens (primary N) is 1. The third-order valence-corrected chi connectivity index (χ3v) is 3.48. The van der Waals surface area contributed by atoms with Gasteiger partial charge < -0.3 is 5.73 Å². The summed E-state index contributed by atoms with van der Waals surface area (Å²) >= 11 is 0. The van der Waals surface area contributed by atoms with Crippen LogP contribution in [0.4, 0.5) is 0 Å². The molecule has 1 aromatic heterocycles.